The smallest absolute Gasteiger partial charge is 0.351 e. The minimum Gasteiger partial charge on any atom is -0.351 e. The van der Waals surface area contributed by atoms with Gasteiger partial charge in [-0.15, -0.1) is 11.3 Å². The molecular formula is C22H25F3N2O2S. The fourth-order valence-electron chi connectivity index (χ4n) is 3.96. The van der Waals surface area contributed by atoms with Crippen molar-refractivity contribution >= 4 is 28.8 Å². The van der Waals surface area contributed by atoms with Crippen molar-refractivity contribution in [3.8, 4) is 0 Å². The van der Waals surface area contributed by atoms with Crippen molar-refractivity contribution in [2.45, 2.75) is 64.2 Å². The first-order valence-corrected chi connectivity index (χ1v) is 10.9. The van der Waals surface area contributed by atoms with Crippen LogP contribution in [0, 0.1) is 13.8 Å². The lowest BCUT2D eigenvalue weighted by Gasteiger charge is -2.33. The summed E-state index contributed by atoms with van der Waals surface area (Å²) in [6.07, 6.45) is -0.507. The third-order valence-corrected chi connectivity index (χ3v) is 6.14. The zero-order chi connectivity index (χ0) is 21.9. The highest BCUT2D eigenvalue weighted by atomic mass is 32.1. The Hall–Kier alpha value is -2.35. The van der Waals surface area contributed by atoms with Gasteiger partial charge < -0.3 is 5.32 Å². The molecule has 0 unspecified atom stereocenters. The van der Waals surface area contributed by atoms with E-state index < -0.39 is 24.0 Å². The number of amides is 2. The maximum Gasteiger partial charge on any atom is 0.471 e. The number of hydrogen-bond donors (Lipinski definition) is 1. The summed E-state index contributed by atoms with van der Waals surface area (Å²) in [6, 6.07) is 6.60. The number of benzene rings is 1. The van der Waals surface area contributed by atoms with E-state index in [0.29, 0.717) is 20.9 Å². The zero-order valence-electron chi connectivity index (χ0n) is 17.0. The molecule has 1 heterocycles. The molecule has 1 N–H and O–H groups in total. The molecule has 2 amide bonds. The number of thiophene rings is 1. The molecule has 162 valence electrons. The Kier molecular flexibility index (Phi) is 6.85. The van der Waals surface area contributed by atoms with E-state index >= 15 is 0 Å². The van der Waals surface area contributed by atoms with E-state index in [1.54, 1.807) is 31.4 Å². The van der Waals surface area contributed by atoms with Crippen LogP contribution >= 0.6 is 11.3 Å². The number of nitrogens with zero attached hydrogens (tertiary/aromatic N) is 1. The van der Waals surface area contributed by atoms with Gasteiger partial charge in [-0.1, -0.05) is 31.4 Å². The monoisotopic (exact) mass is 438 g/mol. The third kappa shape index (κ3) is 5.22. The van der Waals surface area contributed by atoms with Crippen molar-refractivity contribution < 1.29 is 22.8 Å². The standard InChI is InChI=1S/C22H25F3N2O2S/c1-14-11-15(2)13-17(12-14)27(21(29)22(23,24)25)19(18-9-6-10-30-18)20(28)26-16-7-4-3-5-8-16/h6,9-13,16,19H,3-5,7-8H2,1-2H3,(H,26,28)/t19-/m1/s1. The molecule has 0 spiro atoms. The van der Waals surface area contributed by atoms with Gasteiger partial charge in [0.15, 0.2) is 6.04 Å². The molecule has 0 radical (unpaired) electrons. The van der Waals surface area contributed by atoms with Gasteiger partial charge in [-0.05, 0) is 61.4 Å². The van der Waals surface area contributed by atoms with E-state index in [0.717, 1.165) is 43.4 Å². The lowest BCUT2D eigenvalue weighted by Crippen LogP contribution is -2.50. The van der Waals surface area contributed by atoms with E-state index in [4.69, 9.17) is 0 Å². The first-order valence-electron chi connectivity index (χ1n) is 9.99. The molecule has 1 aliphatic rings. The average Bonchev–Trinajstić information content (AvgIpc) is 3.18. The molecule has 8 heteroatoms. The van der Waals surface area contributed by atoms with E-state index in [1.807, 2.05) is 6.07 Å². The molecule has 0 saturated heterocycles. The van der Waals surface area contributed by atoms with Crippen LogP contribution in [0.1, 0.15) is 54.1 Å². The first kappa shape index (κ1) is 22.3. The maximum atomic E-state index is 13.6. The summed E-state index contributed by atoms with van der Waals surface area (Å²) < 4.78 is 40.8. The van der Waals surface area contributed by atoms with Crippen LogP contribution in [0.15, 0.2) is 35.7 Å². The number of halogens is 3. The van der Waals surface area contributed by atoms with Crippen LogP contribution in [0.5, 0.6) is 0 Å². The fourth-order valence-corrected chi connectivity index (χ4v) is 4.77. The topological polar surface area (TPSA) is 49.4 Å². The maximum absolute atomic E-state index is 13.6. The zero-order valence-corrected chi connectivity index (χ0v) is 17.8. The quantitative estimate of drug-likeness (QED) is 0.675. The van der Waals surface area contributed by atoms with Crippen molar-refractivity contribution in [1.82, 2.24) is 5.32 Å². The molecule has 1 aromatic carbocycles. The highest BCUT2D eigenvalue weighted by Gasteiger charge is 2.48. The van der Waals surface area contributed by atoms with Crippen molar-refractivity contribution in [3.63, 3.8) is 0 Å². The van der Waals surface area contributed by atoms with Crippen LogP contribution in [-0.4, -0.2) is 24.0 Å². The summed E-state index contributed by atoms with van der Waals surface area (Å²) in [4.78, 5) is 26.8. The van der Waals surface area contributed by atoms with E-state index in [9.17, 15) is 22.8 Å². The van der Waals surface area contributed by atoms with Gasteiger partial charge in [0, 0.05) is 16.6 Å². The highest BCUT2D eigenvalue weighted by Crippen LogP contribution is 2.35. The fraction of sp³-hybridized carbons (Fsp3) is 0.455. The summed E-state index contributed by atoms with van der Waals surface area (Å²) >= 11 is 1.16. The van der Waals surface area contributed by atoms with Gasteiger partial charge in [-0.2, -0.15) is 13.2 Å². The molecule has 30 heavy (non-hydrogen) atoms. The summed E-state index contributed by atoms with van der Waals surface area (Å²) in [7, 11) is 0. The van der Waals surface area contributed by atoms with Crippen LogP contribution in [0.4, 0.5) is 18.9 Å². The van der Waals surface area contributed by atoms with Gasteiger partial charge in [-0.3, -0.25) is 14.5 Å². The van der Waals surface area contributed by atoms with Crippen molar-refractivity contribution in [1.29, 1.82) is 0 Å². The summed E-state index contributed by atoms with van der Waals surface area (Å²) in [6.45, 7) is 3.49. The second-order valence-corrected chi connectivity index (χ2v) is 8.76. The van der Waals surface area contributed by atoms with E-state index in [1.165, 1.54) is 12.1 Å². The van der Waals surface area contributed by atoms with Crippen LogP contribution in [0.25, 0.3) is 0 Å². The minimum absolute atomic E-state index is 0.0621. The third-order valence-electron chi connectivity index (χ3n) is 5.22. The summed E-state index contributed by atoms with van der Waals surface area (Å²) in [5.41, 5.74) is 1.48. The normalized spacial score (nSPS) is 16.2. The number of nitrogens with one attached hydrogen (secondary N) is 1. The molecule has 1 aromatic heterocycles. The Morgan fingerprint density at radius 2 is 1.73 bits per heavy atom. The van der Waals surface area contributed by atoms with Crippen molar-refractivity contribution in [3.05, 3.63) is 51.7 Å². The highest BCUT2D eigenvalue weighted by molar-refractivity contribution is 7.10. The largest absolute Gasteiger partial charge is 0.471 e. The number of carbonyl (C=O) groups is 2. The van der Waals surface area contributed by atoms with E-state index in [-0.39, 0.29) is 11.7 Å². The Morgan fingerprint density at radius 1 is 1.10 bits per heavy atom. The van der Waals surface area contributed by atoms with Gasteiger partial charge in [-0.25, -0.2) is 0 Å². The first-order chi connectivity index (χ1) is 14.2. The molecule has 2 aromatic rings. The van der Waals surface area contributed by atoms with Crippen LogP contribution in [0.2, 0.25) is 0 Å². The number of aryl methyl sites for hydroxylation is 2. The van der Waals surface area contributed by atoms with Gasteiger partial charge in [0.2, 0.25) is 5.91 Å². The van der Waals surface area contributed by atoms with Crippen molar-refractivity contribution in [2.24, 2.45) is 0 Å². The summed E-state index contributed by atoms with van der Waals surface area (Å²) in [5.74, 6) is -2.63. The molecule has 1 saturated carbocycles. The Morgan fingerprint density at radius 3 is 2.27 bits per heavy atom. The van der Waals surface area contributed by atoms with Gasteiger partial charge in [0.05, 0.1) is 0 Å². The van der Waals surface area contributed by atoms with Crippen molar-refractivity contribution in [2.75, 3.05) is 4.90 Å². The molecule has 1 atom stereocenters. The summed E-state index contributed by atoms with van der Waals surface area (Å²) in [5, 5.41) is 4.59. The number of hydrogen-bond acceptors (Lipinski definition) is 3. The second kappa shape index (κ2) is 9.20. The Labute approximate surface area is 178 Å². The lowest BCUT2D eigenvalue weighted by atomic mass is 9.95. The van der Waals surface area contributed by atoms with Gasteiger partial charge >= 0.3 is 12.1 Å². The van der Waals surface area contributed by atoms with Crippen LogP contribution < -0.4 is 10.2 Å². The number of anilines is 1. The van der Waals surface area contributed by atoms with Crippen LogP contribution in [-0.2, 0) is 9.59 Å². The molecule has 3 rings (SSSR count). The number of alkyl halides is 3. The Balaban J connectivity index is 2.06. The Bertz CT molecular complexity index is 870. The average molecular weight is 439 g/mol. The predicted molar refractivity (Wildman–Crippen MR) is 112 cm³/mol. The molecule has 1 aliphatic carbocycles. The van der Waals surface area contributed by atoms with Crippen LogP contribution in [0.3, 0.4) is 0 Å². The molecular weight excluding hydrogens is 413 g/mol. The molecule has 1 fully saturated rings. The molecule has 4 nitrogen and oxygen atoms in total. The predicted octanol–water partition coefficient (Wildman–Crippen LogP) is 5.45. The van der Waals surface area contributed by atoms with E-state index in [2.05, 4.69) is 5.32 Å². The second-order valence-electron chi connectivity index (χ2n) is 7.78. The number of rotatable bonds is 5. The SMILES string of the molecule is Cc1cc(C)cc(N(C(=O)C(F)(F)F)[C@@H](C(=O)NC2CCCCC2)c2cccs2)c1. The molecule has 0 bridgehead atoms. The minimum atomic E-state index is -5.11. The number of carbonyl (C=O) groups excluding carboxylic acids is 2. The lowest BCUT2D eigenvalue weighted by molar-refractivity contribution is -0.171. The van der Waals surface area contributed by atoms with Gasteiger partial charge in [0.1, 0.15) is 0 Å². The molecule has 0 aliphatic heterocycles. The van der Waals surface area contributed by atoms with Gasteiger partial charge in [0.25, 0.3) is 0 Å².